The van der Waals surface area contributed by atoms with Crippen LogP contribution in [0.3, 0.4) is 0 Å². The molecule has 9 heteroatoms. The predicted octanol–water partition coefficient (Wildman–Crippen LogP) is 2.00. The highest BCUT2D eigenvalue weighted by atomic mass is 32.1. The first-order valence-electron chi connectivity index (χ1n) is 8.78. The molecule has 1 spiro atoms. The summed E-state index contributed by atoms with van der Waals surface area (Å²) in [4.78, 5) is 33.4. The number of anilines is 1. The van der Waals surface area contributed by atoms with Gasteiger partial charge in [-0.05, 0) is 24.3 Å². The Bertz CT molecular complexity index is 878. The minimum atomic E-state index is -1.47. The number of carbonyl (C=O) groups is 2. The molecule has 6 heterocycles. The molecule has 27 heavy (non-hydrogen) atoms. The minimum Gasteiger partial charge on any atom is -0.423 e. The third-order valence-electron chi connectivity index (χ3n) is 5.14. The number of hydrogen-bond acceptors (Lipinski definition) is 9. The molecule has 0 unspecified atom stereocenters. The molecule has 3 fully saturated rings. The summed E-state index contributed by atoms with van der Waals surface area (Å²) in [5.74, 6) is -1.99. The Morgan fingerprint density at radius 3 is 2.56 bits per heavy atom. The van der Waals surface area contributed by atoms with Gasteiger partial charge >= 0.3 is 17.8 Å². The van der Waals surface area contributed by atoms with Crippen molar-refractivity contribution in [2.45, 2.75) is 24.8 Å². The van der Waals surface area contributed by atoms with Crippen molar-refractivity contribution in [2.24, 2.45) is 0 Å². The molecule has 4 aliphatic rings. The fraction of sp³-hybridized carbons (Fsp3) is 0.389. The van der Waals surface area contributed by atoms with Gasteiger partial charge in [0.2, 0.25) is 0 Å². The summed E-state index contributed by atoms with van der Waals surface area (Å²) in [6, 6.07) is 4.53. The van der Waals surface area contributed by atoms with Crippen molar-refractivity contribution in [2.75, 3.05) is 24.5 Å². The smallest absolute Gasteiger partial charge is 0.339 e. The van der Waals surface area contributed by atoms with Gasteiger partial charge in [-0.1, -0.05) is 6.07 Å². The normalized spacial score (nSPS) is 26.6. The van der Waals surface area contributed by atoms with Gasteiger partial charge in [-0.3, -0.25) is 0 Å². The maximum atomic E-state index is 12.1. The summed E-state index contributed by atoms with van der Waals surface area (Å²) in [7, 11) is 0. The van der Waals surface area contributed by atoms with Gasteiger partial charge in [0.25, 0.3) is 6.01 Å². The molecule has 2 aromatic heterocycles. The van der Waals surface area contributed by atoms with E-state index in [1.165, 1.54) is 0 Å². The third-order valence-corrected chi connectivity index (χ3v) is 6.02. The minimum absolute atomic E-state index is 0.154. The largest absolute Gasteiger partial charge is 0.423 e. The van der Waals surface area contributed by atoms with Crippen molar-refractivity contribution in [3.05, 3.63) is 35.9 Å². The second-order valence-electron chi connectivity index (χ2n) is 6.72. The Labute approximate surface area is 159 Å². The number of fused-ring (bicyclic) bond motifs is 3. The lowest BCUT2D eigenvalue weighted by Gasteiger charge is -2.39. The molecule has 140 valence electrons. The number of aromatic nitrogens is 1. The van der Waals surface area contributed by atoms with Crippen LogP contribution in [-0.4, -0.2) is 53.4 Å². The van der Waals surface area contributed by atoms with Crippen molar-refractivity contribution >= 4 is 29.3 Å². The van der Waals surface area contributed by atoms with Gasteiger partial charge in [0, 0.05) is 31.3 Å². The average Bonchev–Trinajstić information content (AvgIpc) is 3.29. The number of nitrogens with zero attached hydrogens (tertiary/aromatic N) is 3. The van der Waals surface area contributed by atoms with Crippen molar-refractivity contribution in [1.82, 2.24) is 9.88 Å². The fourth-order valence-corrected chi connectivity index (χ4v) is 4.52. The van der Waals surface area contributed by atoms with Gasteiger partial charge < -0.3 is 18.8 Å². The second-order valence-corrected chi connectivity index (χ2v) is 7.67. The van der Waals surface area contributed by atoms with E-state index in [4.69, 9.17) is 13.9 Å². The van der Waals surface area contributed by atoms with Crippen LogP contribution in [0.1, 0.15) is 12.8 Å². The Morgan fingerprint density at radius 2 is 1.89 bits per heavy atom. The van der Waals surface area contributed by atoms with Crippen LogP contribution in [0, 0.1) is 0 Å². The summed E-state index contributed by atoms with van der Waals surface area (Å²) in [6.45, 7) is 1.46. The first-order chi connectivity index (χ1) is 13.1. The van der Waals surface area contributed by atoms with E-state index in [1.54, 1.807) is 17.5 Å². The zero-order chi connectivity index (χ0) is 18.4. The van der Waals surface area contributed by atoms with Crippen LogP contribution in [0.15, 0.2) is 40.3 Å². The lowest BCUT2D eigenvalue weighted by atomic mass is 10.1. The molecule has 0 radical (unpaired) electrons. The van der Waals surface area contributed by atoms with E-state index in [2.05, 4.69) is 4.98 Å². The summed E-state index contributed by atoms with van der Waals surface area (Å²) in [6.07, 6.45) is 5.56. The number of thiophene rings is 1. The average molecular weight is 387 g/mol. The Morgan fingerprint density at radius 1 is 1.15 bits per heavy atom. The van der Waals surface area contributed by atoms with Crippen molar-refractivity contribution < 1.29 is 23.5 Å². The molecule has 3 saturated heterocycles. The van der Waals surface area contributed by atoms with Crippen LogP contribution < -0.4 is 4.90 Å². The van der Waals surface area contributed by atoms with Crippen LogP contribution >= 0.6 is 11.3 Å². The lowest BCUT2D eigenvalue weighted by molar-refractivity contribution is -0.274. The summed E-state index contributed by atoms with van der Waals surface area (Å²) < 4.78 is 17.2. The molecule has 2 aromatic rings. The highest BCUT2D eigenvalue weighted by Crippen LogP contribution is 2.37. The van der Waals surface area contributed by atoms with Gasteiger partial charge in [0.1, 0.15) is 6.54 Å². The van der Waals surface area contributed by atoms with Crippen molar-refractivity contribution in [3.63, 3.8) is 0 Å². The van der Waals surface area contributed by atoms with Crippen LogP contribution in [0.5, 0.6) is 0 Å². The van der Waals surface area contributed by atoms with Gasteiger partial charge in [0.15, 0.2) is 5.76 Å². The molecule has 0 saturated carbocycles. The Hall–Kier alpha value is -2.65. The van der Waals surface area contributed by atoms with Crippen LogP contribution in [0.2, 0.25) is 0 Å². The third kappa shape index (κ3) is 2.83. The topological polar surface area (TPSA) is 85.1 Å². The molecule has 2 bridgehead atoms. The summed E-state index contributed by atoms with van der Waals surface area (Å²) >= 11 is 1.57. The van der Waals surface area contributed by atoms with Gasteiger partial charge in [-0.2, -0.15) is 0 Å². The number of piperidine rings is 1. The monoisotopic (exact) mass is 387 g/mol. The van der Waals surface area contributed by atoms with E-state index in [9.17, 15) is 9.59 Å². The zero-order valence-corrected chi connectivity index (χ0v) is 15.2. The van der Waals surface area contributed by atoms with E-state index in [1.807, 2.05) is 27.3 Å². The van der Waals surface area contributed by atoms with Crippen LogP contribution in [-0.2, 0) is 19.1 Å². The molecule has 0 atom stereocenters. The Kier molecular flexibility index (Phi) is 3.80. The van der Waals surface area contributed by atoms with E-state index >= 15 is 0 Å². The molecule has 4 aliphatic heterocycles. The van der Waals surface area contributed by atoms with E-state index in [0.29, 0.717) is 24.9 Å². The maximum absolute atomic E-state index is 12.1. The molecule has 0 aliphatic carbocycles. The predicted molar refractivity (Wildman–Crippen MR) is 95.8 cm³/mol. The summed E-state index contributed by atoms with van der Waals surface area (Å²) in [5, 5.41) is 1.98. The molecule has 0 amide bonds. The van der Waals surface area contributed by atoms with Crippen molar-refractivity contribution in [3.8, 4) is 10.6 Å². The molecule has 0 N–H and O–H groups in total. The van der Waals surface area contributed by atoms with E-state index in [0.717, 1.165) is 29.9 Å². The van der Waals surface area contributed by atoms with Crippen molar-refractivity contribution in [1.29, 1.82) is 0 Å². The molecular weight excluding hydrogens is 370 g/mol. The van der Waals surface area contributed by atoms with E-state index in [-0.39, 0.29) is 12.6 Å². The van der Waals surface area contributed by atoms with Gasteiger partial charge in [-0.25, -0.2) is 19.5 Å². The number of esters is 2. The lowest BCUT2D eigenvalue weighted by Crippen LogP contribution is -2.58. The van der Waals surface area contributed by atoms with Gasteiger partial charge in [-0.15, -0.1) is 11.3 Å². The van der Waals surface area contributed by atoms with Crippen LogP contribution in [0.4, 0.5) is 6.01 Å². The molecular formula is C18H17N3O5S. The highest BCUT2D eigenvalue weighted by Gasteiger charge is 2.53. The number of ether oxygens (including phenoxy) is 2. The first-order valence-corrected chi connectivity index (χ1v) is 9.66. The molecule has 0 aromatic carbocycles. The van der Waals surface area contributed by atoms with Gasteiger partial charge in [0.05, 0.1) is 11.1 Å². The SMILES string of the molecule is O=C1C=CC(=O)OC2(CN(c3ncc(-c4cccs4)o3)C3CCN2CC3)O1. The quantitative estimate of drug-likeness (QED) is 0.724. The Balaban J connectivity index is 1.51. The molecule has 6 rings (SSSR count). The zero-order valence-electron chi connectivity index (χ0n) is 14.4. The standard InChI is InChI=1S/C18H17N3O5S/c22-15-3-4-16(23)26-18(25-15)11-21(12-5-7-20(18)8-6-12)17-19-10-13(24-17)14-2-1-9-27-14/h1-4,9-10,12H,5-8,11H2. The second kappa shape index (κ2) is 6.21. The number of hydrogen-bond donors (Lipinski definition) is 0. The fourth-order valence-electron chi connectivity index (χ4n) is 3.85. The van der Waals surface area contributed by atoms with Crippen LogP contribution in [0.25, 0.3) is 10.6 Å². The number of oxazole rings is 1. The summed E-state index contributed by atoms with van der Waals surface area (Å²) in [5.41, 5.74) is 0. The molecule has 8 nitrogen and oxygen atoms in total. The maximum Gasteiger partial charge on any atom is 0.339 e. The number of rotatable bonds is 2. The highest BCUT2D eigenvalue weighted by molar-refractivity contribution is 7.13. The first kappa shape index (κ1) is 16.5. The van der Waals surface area contributed by atoms with E-state index < -0.39 is 17.8 Å². The number of carbonyl (C=O) groups excluding carboxylic acids is 2.